The molecule has 7 bridgehead atoms. The summed E-state index contributed by atoms with van der Waals surface area (Å²) in [7, 11) is 5.07. The molecule has 6 fully saturated rings. The molecule has 1 amide bonds. The second-order valence-electron chi connectivity index (χ2n) is 15.0. The first kappa shape index (κ1) is 31.4. The highest BCUT2D eigenvalue weighted by Gasteiger charge is 2.89. The SMILES string of the molecule is CO[C@H]1C[C@]2(O)[C@H]3C[C@@H]4[C@@]5(OC(=O)c6ccccc6NC(C)=O)CC[C@H](OC)[C@@]4([C@@H]3N(Cc3ccccc3)C5)[C@@H]3C[C@H]1[C@H](OC)[C@@]32O. The van der Waals surface area contributed by atoms with Gasteiger partial charge in [-0.2, -0.15) is 0 Å². The highest BCUT2D eigenvalue weighted by atomic mass is 16.6. The lowest BCUT2D eigenvalue weighted by molar-refractivity contribution is -0.339. The zero-order chi connectivity index (χ0) is 32.9. The zero-order valence-corrected chi connectivity index (χ0v) is 27.6. The van der Waals surface area contributed by atoms with Gasteiger partial charge in [0.05, 0.1) is 29.6 Å². The average Bonchev–Trinajstić information content (AvgIpc) is 3.49. The summed E-state index contributed by atoms with van der Waals surface area (Å²) in [6.45, 7) is 2.51. The maximum absolute atomic E-state index is 14.3. The Morgan fingerprint density at radius 3 is 2.40 bits per heavy atom. The van der Waals surface area contributed by atoms with Gasteiger partial charge in [0.15, 0.2) is 0 Å². The fourth-order valence-corrected chi connectivity index (χ4v) is 12.3. The number of anilines is 1. The largest absolute Gasteiger partial charge is 0.454 e. The third-order valence-electron chi connectivity index (χ3n) is 13.5. The van der Waals surface area contributed by atoms with Crippen molar-refractivity contribution in [2.75, 3.05) is 33.2 Å². The molecule has 10 heteroatoms. The van der Waals surface area contributed by atoms with Gasteiger partial charge >= 0.3 is 5.97 Å². The van der Waals surface area contributed by atoms with Gasteiger partial charge in [-0.15, -0.1) is 0 Å². The number of piperidine rings is 1. The summed E-state index contributed by atoms with van der Waals surface area (Å²) >= 11 is 0. The Hall–Kier alpha value is -2.86. The van der Waals surface area contributed by atoms with E-state index in [2.05, 4.69) is 22.3 Å². The summed E-state index contributed by atoms with van der Waals surface area (Å²) in [6.07, 6.45) is 1.65. The molecule has 1 heterocycles. The Kier molecular flexibility index (Phi) is 7.23. The number of likely N-dealkylation sites (tertiary alicyclic amines) is 1. The van der Waals surface area contributed by atoms with Gasteiger partial charge in [0, 0.05) is 82.9 Å². The van der Waals surface area contributed by atoms with Crippen LogP contribution in [0.15, 0.2) is 54.6 Å². The van der Waals surface area contributed by atoms with E-state index in [0.717, 1.165) is 5.56 Å². The first-order chi connectivity index (χ1) is 22.6. The van der Waals surface area contributed by atoms with Crippen molar-refractivity contribution < 1.29 is 38.7 Å². The van der Waals surface area contributed by atoms with Gasteiger partial charge < -0.3 is 34.5 Å². The van der Waals surface area contributed by atoms with Crippen molar-refractivity contribution in [2.24, 2.45) is 29.1 Å². The van der Waals surface area contributed by atoms with Gasteiger partial charge in [0.2, 0.25) is 5.91 Å². The molecular weight excluding hydrogens is 600 g/mol. The number of hydrogen-bond donors (Lipinski definition) is 3. The van der Waals surface area contributed by atoms with E-state index in [0.29, 0.717) is 56.4 Å². The number of methoxy groups -OCH3 is 3. The number of rotatable bonds is 8. The number of ether oxygens (including phenoxy) is 4. The van der Waals surface area contributed by atoms with Crippen molar-refractivity contribution in [3.05, 3.63) is 65.7 Å². The van der Waals surface area contributed by atoms with Crippen LogP contribution < -0.4 is 5.32 Å². The maximum atomic E-state index is 14.3. The van der Waals surface area contributed by atoms with Crippen LogP contribution >= 0.6 is 0 Å². The molecule has 0 aromatic heterocycles. The molecule has 8 rings (SSSR count). The molecule has 1 aliphatic heterocycles. The molecule has 12 atom stereocenters. The van der Waals surface area contributed by atoms with Crippen LogP contribution in [0.2, 0.25) is 0 Å². The minimum absolute atomic E-state index is 0.0989. The summed E-state index contributed by atoms with van der Waals surface area (Å²) in [4.78, 5) is 28.8. The summed E-state index contributed by atoms with van der Waals surface area (Å²) in [6, 6.07) is 17.1. The predicted octanol–water partition coefficient (Wildman–Crippen LogP) is 3.40. The Bertz CT molecular complexity index is 1570. The van der Waals surface area contributed by atoms with E-state index in [9.17, 15) is 19.8 Å². The van der Waals surface area contributed by atoms with Crippen molar-refractivity contribution in [3.8, 4) is 0 Å². The van der Waals surface area contributed by atoms with E-state index in [1.807, 2.05) is 18.2 Å². The Labute approximate surface area is 275 Å². The number of benzene rings is 2. The van der Waals surface area contributed by atoms with Crippen molar-refractivity contribution in [3.63, 3.8) is 0 Å². The maximum Gasteiger partial charge on any atom is 0.340 e. The number of nitrogens with one attached hydrogen (secondary N) is 1. The van der Waals surface area contributed by atoms with Crippen LogP contribution in [0.4, 0.5) is 5.69 Å². The van der Waals surface area contributed by atoms with Crippen molar-refractivity contribution in [2.45, 2.75) is 86.7 Å². The number of para-hydroxylation sites is 1. The third-order valence-corrected chi connectivity index (χ3v) is 13.5. The van der Waals surface area contributed by atoms with Crippen LogP contribution in [0.25, 0.3) is 0 Å². The Morgan fingerprint density at radius 1 is 0.957 bits per heavy atom. The minimum Gasteiger partial charge on any atom is -0.454 e. The second-order valence-corrected chi connectivity index (χ2v) is 15.0. The van der Waals surface area contributed by atoms with Gasteiger partial charge in [-0.25, -0.2) is 4.79 Å². The summed E-state index contributed by atoms with van der Waals surface area (Å²) in [5.41, 5.74) is -2.71. The van der Waals surface area contributed by atoms with Crippen LogP contribution in [-0.2, 0) is 30.3 Å². The van der Waals surface area contributed by atoms with Gasteiger partial charge in [-0.3, -0.25) is 9.69 Å². The number of fused-ring (bicyclic) bond motifs is 2. The number of hydrogen-bond acceptors (Lipinski definition) is 9. The lowest BCUT2D eigenvalue weighted by Gasteiger charge is -2.70. The molecule has 252 valence electrons. The fourth-order valence-electron chi connectivity index (χ4n) is 12.3. The number of amides is 1. The fraction of sp³-hybridized carbons (Fsp3) is 0.622. The van der Waals surface area contributed by atoms with Crippen LogP contribution in [-0.4, -0.2) is 96.0 Å². The molecule has 47 heavy (non-hydrogen) atoms. The molecule has 10 nitrogen and oxygen atoms in total. The zero-order valence-electron chi connectivity index (χ0n) is 27.6. The van der Waals surface area contributed by atoms with Crippen LogP contribution in [0, 0.1) is 29.1 Å². The number of esters is 1. The highest BCUT2D eigenvalue weighted by molar-refractivity contribution is 6.00. The molecule has 3 N–H and O–H groups in total. The first-order valence-corrected chi connectivity index (χ1v) is 17.0. The quantitative estimate of drug-likeness (QED) is 0.370. The van der Waals surface area contributed by atoms with Crippen molar-refractivity contribution in [1.82, 2.24) is 4.90 Å². The molecule has 2 aromatic rings. The van der Waals surface area contributed by atoms with Crippen molar-refractivity contribution >= 4 is 17.6 Å². The lowest BCUT2D eigenvalue weighted by atomic mass is 9.44. The molecule has 1 spiro atoms. The van der Waals surface area contributed by atoms with E-state index in [-0.39, 0.29) is 47.8 Å². The Morgan fingerprint density at radius 2 is 1.70 bits per heavy atom. The normalized spacial score (nSPS) is 44.2. The van der Waals surface area contributed by atoms with Gasteiger partial charge in [0.25, 0.3) is 0 Å². The molecule has 5 saturated carbocycles. The third kappa shape index (κ3) is 3.94. The van der Waals surface area contributed by atoms with E-state index in [4.69, 9.17) is 18.9 Å². The Balaban J connectivity index is 1.30. The monoisotopic (exact) mass is 646 g/mol. The van der Waals surface area contributed by atoms with E-state index in [1.54, 1.807) is 45.6 Å². The summed E-state index contributed by atoms with van der Waals surface area (Å²) in [5, 5.41) is 28.9. The second kappa shape index (κ2) is 10.8. The number of nitrogens with zero attached hydrogens (tertiary/aromatic N) is 1. The van der Waals surface area contributed by atoms with Crippen LogP contribution in [0.3, 0.4) is 0 Å². The van der Waals surface area contributed by atoms with Gasteiger partial charge in [-0.05, 0) is 43.4 Å². The standard InChI is InChI=1S/C37H46N2O8/c1-21(40)38-26-13-9-8-12-23(26)33(41)47-34-15-14-30(45-3)36-28(34)17-25(31(36)39(20-34)19-22-10-6-5-7-11-22)35(42)18-27(44-2)24-16-29(36)37(35,43)32(24)46-4/h5-13,24-25,27-32,42-43H,14-20H2,1-4H3,(H,38,40)/t24-,25+,27+,28-,29+,30+,31-,32+,34-,35+,36+,37+/m1/s1. The summed E-state index contributed by atoms with van der Waals surface area (Å²) < 4.78 is 25.4. The number of carbonyl (C=O) groups is 2. The topological polar surface area (TPSA) is 127 Å². The van der Waals surface area contributed by atoms with Gasteiger partial charge in [0.1, 0.15) is 16.8 Å². The van der Waals surface area contributed by atoms with Crippen LogP contribution in [0.5, 0.6) is 0 Å². The predicted molar refractivity (Wildman–Crippen MR) is 171 cm³/mol. The molecule has 0 unspecified atom stereocenters. The van der Waals surface area contributed by atoms with Crippen molar-refractivity contribution in [1.29, 1.82) is 0 Å². The molecule has 1 saturated heterocycles. The smallest absolute Gasteiger partial charge is 0.340 e. The number of carbonyl (C=O) groups excluding carboxylic acids is 2. The average molecular weight is 647 g/mol. The minimum atomic E-state index is -1.52. The molecule has 6 aliphatic rings. The summed E-state index contributed by atoms with van der Waals surface area (Å²) in [5.74, 6) is -1.75. The molecule has 5 aliphatic carbocycles. The van der Waals surface area contributed by atoms with Gasteiger partial charge in [-0.1, -0.05) is 42.5 Å². The van der Waals surface area contributed by atoms with E-state index >= 15 is 0 Å². The molecule has 0 radical (unpaired) electrons. The number of aliphatic hydroxyl groups is 2. The molecule has 2 aromatic carbocycles. The highest BCUT2D eigenvalue weighted by Crippen LogP contribution is 2.79. The van der Waals surface area contributed by atoms with E-state index < -0.39 is 34.3 Å². The lowest BCUT2D eigenvalue weighted by Crippen LogP contribution is -2.83. The molecular formula is C37H46N2O8. The first-order valence-electron chi connectivity index (χ1n) is 17.0. The van der Waals surface area contributed by atoms with E-state index in [1.165, 1.54) is 6.92 Å². The van der Waals surface area contributed by atoms with Crippen LogP contribution in [0.1, 0.15) is 54.9 Å².